The van der Waals surface area contributed by atoms with Gasteiger partial charge in [-0.25, -0.2) is 0 Å². The van der Waals surface area contributed by atoms with Crippen LogP contribution in [0.1, 0.15) is 18.4 Å². The van der Waals surface area contributed by atoms with Gasteiger partial charge in [-0.15, -0.1) is 0 Å². The summed E-state index contributed by atoms with van der Waals surface area (Å²) in [6.07, 6.45) is 1.28. The molecule has 5 heteroatoms. The molecule has 18 heavy (non-hydrogen) atoms. The second-order valence-corrected chi connectivity index (χ2v) is 4.46. The lowest BCUT2D eigenvalue weighted by molar-refractivity contribution is -0.116. The standard InChI is InChI=1S/C13H19ClN2O2/c1-9-7-11(12(18-3)8-10(9)14)16-13(17)5-4-6-15-2/h7-8,15H,4-6H2,1-3H3,(H,16,17). The van der Waals surface area contributed by atoms with Gasteiger partial charge in [0.2, 0.25) is 5.91 Å². The molecule has 1 rings (SSSR count). The fraction of sp³-hybridized carbons (Fsp3) is 0.462. The Morgan fingerprint density at radius 1 is 1.44 bits per heavy atom. The molecule has 0 fully saturated rings. The molecule has 0 spiro atoms. The van der Waals surface area contributed by atoms with Crippen LogP contribution in [0.25, 0.3) is 0 Å². The average Bonchev–Trinajstić information content (AvgIpc) is 2.34. The number of aryl methyl sites for hydroxylation is 1. The van der Waals surface area contributed by atoms with E-state index in [1.807, 2.05) is 20.0 Å². The highest BCUT2D eigenvalue weighted by Gasteiger charge is 2.09. The first-order valence-electron chi connectivity index (χ1n) is 5.87. The average molecular weight is 271 g/mol. The number of rotatable bonds is 6. The molecule has 100 valence electrons. The van der Waals surface area contributed by atoms with Crippen molar-refractivity contribution in [2.75, 3.05) is 26.0 Å². The van der Waals surface area contributed by atoms with Crippen molar-refractivity contribution in [3.8, 4) is 5.75 Å². The van der Waals surface area contributed by atoms with Crippen LogP contribution in [0.5, 0.6) is 5.75 Å². The Labute approximate surface area is 113 Å². The lowest BCUT2D eigenvalue weighted by Gasteiger charge is -2.12. The largest absolute Gasteiger partial charge is 0.495 e. The van der Waals surface area contributed by atoms with Gasteiger partial charge in [-0.3, -0.25) is 4.79 Å². The van der Waals surface area contributed by atoms with Crippen molar-refractivity contribution in [1.29, 1.82) is 0 Å². The van der Waals surface area contributed by atoms with Crippen molar-refractivity contribution < 1.29 is 9.53 Å². The van der Waals surface area contributed by atoms with Crippen molar-refractivity contribution in [2.24, 2.45) is 0 Å². The third-order valence-electron chi connectivity index (χ3n) is 2.59. The van der Waals surface area contributed by atoms with Crippen LogP contribution < -0.4 is 15.4 Å². The molecule has 0 aliphatic heterocycles. The maximum absolute atomic E-state index is 11.7. The number of hydrogen-bond acceptors (Lipinski definition) is 3. The van der Waals surface area contributed by atoms with Gasteiger partial charge in [-0.2, -0.15) is 0 Å². The third-order valence-corrected chi connectivity index (χ3v) is 2.99. The summed E-state index contributed by atoms with van der Waals surface area (Å²) in [7, 11) is 3.42. The topological polar surface area (TPSA) is 50.4 Å². The molecule has 0 aromatic heterocycles. The Balaban J connectivity index is 2.71. The van der Waals surface area contributed by atoms with Crippen LogP contribution >= 0.6 is 11.6 Å². The highest BCUT2D eigenvalue weighted by atomic mass is 35.5. The molecule has 1 aromatic carbocycles. The Morgan fingerprint density at radius 2 is 2.17 bits per heavy atom. The normalized spacial score (nSPS) is 10.2. The number of amides is 1. The number of carbonyl (C=O) groups excluding carboxylic acids is 1. The van der Waals surface area contributed by atoms with E-state index in [1.165, 1.54) is 0 Å². The monoisotopic (exact) mass is 270 g/mol. The summed E-state index contributed by atoms with van der Waals surface area (Å²) in [4.78, 5) is 11.7. The first-order chi connectivity index (χ1) is 8.58. The van der Waals surface area contributed by atoms with Crippen LogP contribution in [-0.4, -0.2) is 26.6 Å². The van der Waals surface area contributed by atoms with Crippen molar-refractivity contribution in [3.63, 3.8) is 0 Å². The molecule has 0 saturated heterocycles. The van der Waals surface area contributed by atoms with Gasteiger partial charge in [0.25, 0.3) is 0 Å². The van der Waals surface area contributed by atoms with Crippen molar-refractivity contribution in [2.45, 2.75) is 19.8 Å². The van der Waals surface area contributed by atoms with E-state index in [2.05, 4.69) is 10.6 Å². The molecular weight excluding hydrogens is 252 g/mol. The Hall–Kier alpha value is -1.26. The Kier molecular flexibility index (Phi) is 5.95. The zero-order chi connectivity index (χ0) is 13.5. The van der Waals surface area contributed by atoms with Gasteiger partial charge in [-0.05, 0) is 38.6 Å². The lowest BCUT2D eigenvalue weighted by Crippen LogP contribution is -2.15. The predicted molar refractivity (Wildman–Crippen MR) is 74.5 cm³/mol. The molecule has 0 atom stereocenters. The van der Waals surface area contributed by atoms with Gasteiger partial charge in [0, 0.05) is 17.5 Å². The van der Waals surface area contributed by atoms with Gasteiger partial charge in [0.15, 0.2) is 0 Å². The van der Waals surface area contributed by atoms with Gasteiger partial charge in [0.05, 0.1) is 12.8 Å². The highest BCUT2D eigenvalue weighted by Crippen LogP contribution is 2.30. The van der Waals surface area contributed by atoms with Gasteiger partial charge >= 0.3 is 0 Å². The minimum Gasteiger partial charge on any atom is -0.495 e. The number of methoxy groups -OCH3 is 1. The first kappa shape index (κ1) is 14.8. The minimum atomic E-state index is -0.0229. The van der Waals surface area contributed by atoms with Crippen LogP contribution in [0.4, 0.5) is 5.69 Å². The number of ether oxygens (including phenoxy) is 1. The summed E-state index contributed by atoms with van der Waals surface area (Å²) in [5.41, 5.74) is 1.57. The summed E-state index contributed by atoms with van der Waals surface area (Å²) >= 11 is 6.00. The molecule has 0 saturated carbocycles. The van der Waals surface area contributed by atoms with E-state index in [9.17, 15) is 4.79 Å². The molecule has 0 aliphatic carbocycles. The van der Waals surface area contributed by atoms with Crippen LogP contribution in [0.2, 0.25) is 5.02 Å². The number of benzene rings is 1. The molecule has 0 unspecified atom stereocenters. The summed E-state index contributed by atoms with van der Waals surface area (Å²) in [6, 6.07) is 3.53. The predicted octanol–water partition coefficient (Wildman–Crippen LogP) is 2.60. The smallest absolute Gasteiger partial charge is 0.224 e. The fourth-order valence-electron chi connectivity index (χ4n) is 1.57. The van der Waals surface area contributed by atoms with Crippen molar-refractivity contribution >= 4 is 23.2 Å². The highest BCUT2D eigenvalue weighted by molar-refractivity contribution is 6.31. The van der Waals surface area contributed by atoms with Crippen molar-refractivity contribution in [3.05, 3.63) is 22.7 Å². The summed E-state index contributed by atoms with van der Waals surface area (Å²) in [6.45, 7) is 2.71. The van der Waals surface area contributed by atoms with Crippen molar-refractivity contribution in [1.82, 2.24) is 5.32 Å². The first-order valence-corrected chi connectivity index (χ1v) is 6.25. The van der Waals surface area contributed by atoms with E-state index >= 15 is 0 Å². The van der Waals surface area contributed by atoms with Crippen LogP contribution in [0.15, 0.2) is 12.1 Å². The molecule has 1 amide bonds. The number of carbonyl (C=O) groups is 1. The Morgan fingerprint density at radius 3 is 2.78 bits per heavy atom. The van der Waals surface area contributed by atoms with E-state index in [1.54, 1.807) is 13.2 Å². The zero-order valence-corrected chi connectivity index (χ0v) is 11.7. The third kappa shape index (κ3) is 4.20. The summed E-state index contributed by atoms with van der Waals surface area (Å²) < 4.78 is 5.20. The lowest BCUT2D eigenvalue weighted by atomic mass is 10.2. The second-order valence-electron chi connectivity index (χ2n) is 4.06. The van der Waals surface area contributed by atoms with E-state index in [-0.39, 0.29) is 5.91 Å². The summed E-state index contributed by atoms with van der Waals surface area (Å²) in [5.74, 6) is 0.554. The number of anilines is 1. The quantitative estimate of drug-likeness (QED) is 0.781. The van der Waals surface area contributed by atoms with Crippen LogP contribution in [0, 0.1) is 6.92 Å². The van der Waals surface area contributed by atoms with Crippen LogP contribution in [0.3, 0.4) is 0 Å². The van der Waals surface area contributed by atoms with Crippen LogP contribution in [-0.2, 0) is 4.79 Å². The molecule has 0 radical (unpaired) electrons. The number of halogens is 1. The molecular formula is C13H19ClN2O2. The summed E-state index contributed by atoms with van der Waals surface area (Å²) in [5, 5.41) is 6.47. The second kappa shape index (κ2) is 7.24. The fourth-order valence-corrected chi connectivity index (χ4v) is 1.72. The molecule has 0 bridgehead atoms. The molecule has 0 aliphatic rings. The Bertz CT molecular complexity index is 422. The maximum Gasteiger partial charge on any atom is 0.224 e. The van der Waals surface area contributed by atoms with E-state index < -0.39 is 0 Å². The molecule has 0 heterocycles. The van der Waals surface area contributed by atoms with Gasteiger partial charge in [0.1, 0.15) is 5.75 Å². The van der Waals surface area contributed by atoms with E-state index in [0.29, 0.717) is 22.9 Å². The van der Waals surface area contributed by atoms with E-state index in [0.717, 1.165) is 18.5 Å². The maximum atomic E-state index is 11.7. The molecule has 2 N–H and O–H groups in total. The SMILES string of the molecule is CNCCCC(=O)Nc1cc(C)c(Cl)cc1OC. The van der Waals surface area contributed by atoms with E-state index in [4.69, 9.17) is 16.3 Å². The number of hydrogen-bond donors (Lipinski definition) is 2. The number of nitrogens with one attached hydrogen (secondary N) is 2. The molecule has 4 nitrogen and oxygen atoms in total. The zero-order valence-electron chi connectivity index (χ0n) is 11.0. The van der Waals surface area contributed by atoms with Gasteiger partial charge in [-0.1, -0.05) is 11.6 Å². The molecule has 1 aromatic rings. The minimum absolute atomic E-state index is 0.0229. The van der Waals surface area contributed by atoms with Gasteiger partial charge < -0.3 is 15.4 Å².